The van der Waals surface area contributed by atoms with Gasteiger partial charge in [-0.3, -0.25) is 14.9 Å². The molecule has 0 atom stereocenters. The van der Waals surface area contributed by atoms with E-state index >= 15 is 0 Å². The molecule has 1 N–H and O–H groups in total. The van der Waals surface area contributed by atoms with Gasteiger partial charge in [-0.2, -0.15) is 0 Å². The van der Waals surface area contributed by atoms with Crippen molar-refractivity contribution in [1.29, 1.82) is 0 Å². The van der Waals surface area contributed by atoms with Crippen LogP contribution in [-0.4, -0.2) is 9.91 Å². The molecule has 1 heterocycles. The van der Waals surface area contributed by atoms with E-state index in [2.05, 4.69) is 0 Å². The number of hydrogen-bond acceptors (Lipinski definition) is 3. The summed E-state index contributed by atoms with van der Waals surface area (Å²) in [5.41, 5.74) is -2.79. The average molecular weight is 239 g/mol. The van der Waals surface area contributed by atoms with Crippen LogP contribution in [0.3, 0.4) is 0 Å². The highest BCUT2D eigenvalue weighted by atomic mass is 35.5. The Balaban J connectivity index is 3.46. The monoisotopic (exact) mass is 238 g/mol. The summed E-state index contributed by atoms with van der Waals surface area (Å²) in [5, 5.41) is 10.4. The lowest BCUT2D eigenvalue weighted by atomic mass is 10.2. The van der Waals surface area contributed by atoms with Crippen molar-refractivity contribution in [2.75, 3.05) is 0 Å². The average Bonchev–Trinajstić information content (AvgIpc) is 2.16. The molecule has 5 nitrogen and oxygen atoms in total. The second kappa shape index (κ2) is 4.35. The molecule has 0 unspecified atom stereocenters. The van der Waals surface area contributed by atoms with Crippen LogP contribution in [0.5, 0.6) is 0 Å². The minimum Gasteiger partial charge on any atom is -0.315 e. The van der Waals surface area contributed by atoms with Gasteiger partial charge in [-0.15, -0.1) is 11.6 Å². The Morgan fingerprint density at radius 3 is 2.60 bits per heavy atom. The van der Waals surface area contributed by atoms with E-state index in [1.165, 1.54) is 0 Å². The lowest BCUT2D eigenvalue weighted by Gasteiger charge is -2.02. The van der Waals surface area contributed by atoms with Crippen LogP contribution in [-0.2, 0) is 5.88 Å². The highest BCUT2D eigenvalue weighted by Crippen LogP contribution is 2.26. The molecule has 15 heavy (non-hydrogen) atoms. The molecule has 0 aliphatic heterocycles. The zero-order chi connectivity index (χ0) is 11.6. The second-order valence-corrected chi connectivity index (χ2v) is 2.88. The molecular formula is C7H5ClF2N2O3. The number of halogens is 3. The molecule has 0 spiro atoms. The predicted octanol–water partition coefficient (Wildman–Crippen LogP) is 1.96. The van der Waals surface area contributed by atoms with E-state index in [1.54, 1.807) is 4.98 Å². The zero-order valence-corrected chi connectivity index (χ0v) is 7.92. The summed E-state index contributed by atoms with van der Waals surface area (Å²) in [6.07, 6.45) is -3.11. The molecule has 1 aromatic heterocycles. The number of nitrogens with one attached hydrogen (secondary N) is 1. The van der Waals surface area contributed by atoms with Crippen molar-refractivity contribution in [3.63, 3.8) is 0 Å². The first-order valence-corrected chi connectivity index (χ1v) is 4.25. The molecule has 0 amide bonds. The summed E-state index contributed by atoms with van der Waals surface area (Å²) in [5.74, 6) is -0.278. The van der Waals surface area contributed by atoms with Crippen LogP contribution >= 0.6 is 11.6 Å². The number of aromatic amines is 1. The molecule has 0 radical (unpaired) electrons. The summed E-state index contributed by atoms with van der Waals surface area (Å²) < 4.78 is 24.6. The predicted molar refractivity (Wildman–Crippen MR) is 48.2 cm³/mol. The van der Waals surface area contributed by atoms with Crippen molar-refractivity contribution >= 4 is 17.3 Å². The number of pyridine rings is 1. The molecule has 0 aliphatic rings. The van der Waals surface area contributed by atoms with Gasteiger partial charge in [-0.25, -0.2) is 8.78 Å². The van der Waals surface area contributed by atoms with Crippen LogP contribution in [0.2, 0.25) is 0 Å². The number of nitro groups is 1. The number of H-pyrrole nitrogens is 1. The smallest absolute Gasteiger partial charge is 0.295 e. The molecule has 0 saturated carbocycles. The number of aromatic nitrogens is 1. The van der Waals surface area contributed by atoms with E-state index in [4.69, 9.17) is 11.6 Å². The zero-order valence-electron chi connectivity index (χ0n) is 7.17. The van der Waals surface area contributed by atoms with Crippen molar-refractivity contribution in [3.05, 3.63) is 37.8 Å². The van der Waals surface area contributed by atoms with E-state index in [0.717, 1.165) is 6.07 Å². The van der Waals surface area contributed by atoms with E-state index < -0.39 is 28.3 Å². The van der Waals surface area contributed by atoms with Crippen molar-refractivity contribution < 1.29 is 13.7 Å². The Bertz CT molecular complexity index is 446. The summed E-state index contributed by atoms with van der Waals surface area (Å²) in [7, 11) is 0. The topological polar surface area (TPSA) is 76.0 Å². The first-order valence-electron chi connectivity index (χ1n) is 3.72. The van der Waals surface area contributed by atoms with Crippen LogP contribution in [0.25, 0.3) is 0 Å². The highest BCUT2D eigenvalue weighted by molar-refractivity contribution is 6.17. The van der Waals surface area contributed by atoms with Gasteiger partial charge in [-0.05, 0) is 0 Å². The third-order valence-electron chi connectivity index (χ3n) is 1.69. The Morgan fingerprint density at radius 2 is 2.20 bits per heavy atom. The van der Waals surface area contributed by atoms with Gasteiger partial charge in [0.05, 0.1) is 10.8 Å². The van der Waals surface area contributed by atoms with Gasteiger partial charge in [0.25, 0.3) is 17.7 Å². The van der Waals surface area contributed by atoms with E-state index in [1.807, 2.05) is 0 Å². The summed E-state index contributed by atoms with van der Waals surface area (Å²) >= 11 is 5.31. The Labute approximate surface area is 86.8 Å². The molecule has 0 fully saturated rings. The Morgan fingerprint density at radius 1 is 1.60 bits per heavy atom. The Hall–Kier alpha value is -1.50. The fraction of sp³-hybridized carbons (Fsp3) is 0.286. The summed E-state index contributed by atoms with van der Waals surface area (Å²) in [6, 6.07) is 0.757. The van der Waals surface area contributed by atoms with Crippen LogP contribution in [0, 0.1) is 10.1 Å². The minimum absolute atomic E-state index is 0.118. The molecule has 0 aliphatic carbocycles. The lowest BCUT2D eigenvalue weighted by Crippen LogP contribution is -2.15. The Kier molecular flexibility index (Phi) is 3.35. The molecule has 1 rings (SSSR count). The quantitative estimate of drug-likeness (QED) is 0.497. The van der Waals surface area contributed by atoms with Crippen molar-refractivity contribution in [1.82, 2.24) is 4.98 Å². The van der Waals surface area contributed by atoms with Gasteiger partial charge >= 0.3 is 0 Å². The molecule has 0 bridgehead atoms. The fourth-order valence-corrected chi connectivity index (χ4v) is 1.19. The number of nitrogens with zero attached hydrogens (tertiary/aromatic N) is 1. The maximum atomic E-state index is 12.3. The molecule has 1 aromatic rings. The van der Waals surface area contributed by atoms with Gasteiger partial charge in [0.1, 0.15) is 0 Å². The van der Waals surface area contributed by atoms with E-state index in [-0.39, 0.29) is 11.4 Å². The van der Waals surface area contributed by atoms with Crippen LogP contribution in [0.1, 0.15) is 17.7 Å². The largest absolute Gasteiger partial charge is 0.315 e. The van der Waals surface area contributed by atoms with Crippen molar-refractivity contribution in [2.45, 2.75) is 12.3 Å². The standard InChI is InChI=1S/C7H5ClF2N2O3/c8-2-3-1-4(12(14)15)5(6(9)10)11-7(3)13/h1,6H,2H2,(H,11,13). The number of alkyl halides is 3. The van der Waals surface area contributed by atoms with Crippen molar-refractivity contribution in [2.24, 2.45) is 0 Å². The normalized spacial score (nSPS) is 10.7. The van der Waals surface area contributed by atoms with Crippen LogP contribution in [0.4, 0.5) is 14.5 Å². The fourth-order valence-electron chi connectivity index (χ4n) is 0.992. The lowest BCUT2D eigenvalue weighted by molar-refractivity contribution is -0.386. The second-order valence-electron chi connectivity index (χ2n) is 2.61. The third-order valence-corrected chi connectivity index (χ3v) is 1.97. The van der Waals surface area contributed by atoms with Crippen LogP contribution < -0.4 is 5.56 Å². The number of hydrogen-bond donors (Lipinski definition) is 1. The summed E-state index contributed by atoms with van der Waals surface area (Å²) in [4.78, 5) is 22.2. The first kappa shape index (κ1) is 11.6. The van der Waals surface area contributed by atoms with Crippen molar-refractivity contribution in [3.8, 4) is 0 Å². The summed E-state index contributed by atoms with van der Waals surface area (Å²) in [6.45, 7) is 0. The number of rotatable bonds is 3. The van der Waals surface area contributed by atoms with Crippen LogP contribution in [0.15, 0.2) is 10.9 Å². The first-order chi connectivity index (χ1) is 6.97. The highest BCUT2D eigenvalue weighted by Gasteiger charge is 2.24. The van der Waals surface area contributed by atoms with Gasteiger partial charge in [0, 0.05) is 11.6 Å². The minimum atomic E-state index is -3.11. The van der Waals surface area contributed by atoms with E-state index in [0.29, 0.717) is 0 Å². The SMILES string of the molecule is O=c1[nH]c(C(F)F)c([N+](=O)[O-])cc1CCl. The van der Waals surface area contributed by atoms with Gasteiger partial charge in [-0.1, -0.05) is 0 Å². The van der Waals surface area contributed by atoms with Gasteiger partial charge < -0.3 is 4.98 Å². The molecule has 8 heteroatoms. The third kappa shape index (κ3) is 2.30. The van der Waals surface area contributed by atoms with Gasteiger partial charge in [0.15, 0.2) is 5.69 Å². The molecule has 0 aromatic carbocycles. The maximum absolute atomic E-state index is 12.3. The molecular weight excluding hydrogens is 234 g/mol. The molecule has 82 valence electrons. The van der Waals surface area contributed by atoms with Gasteiger partial charge in [0.2, 0.25) is 0 Å². The maximum Gasteiger partial charge on any atom is 0.295 e. The molecule has 0 saturated heterocycles. The van der Waals surface area contributed by atoms with E-state index in [9.17, 15) is 23.7 Å².